The van der Waals surface area contributed by atoms with Crippen molar-refractivity contribution in [3.8, 4) is 0 Å². The number of carbonyl (C=O) groups is 2. The summed E-state index contributed by atoms with van der Waals surface area (Å²) in [6.45, 7) is 1.79. The number of fused-ring (bicyclic) bond motifs is 1. The molecule has 3 aromatic carbocycles. The fraction of sp³-hybridized carbons (Fsp3) is 0.167. The number of hydrogen-bond acceptors (Lipinski definition) is 4. The Bertz CT molecular complexity index is 1180. The lowest BCUT2D eigenvalue weighted by Gasteiger charge is -2.29. The van der Waals surface area contributed by atoms with Gasteiger partial charge < -0.3 is 0 Å². The van der Waals surface area contributed by atoms with Gasteiger partial charge in [0.1, 0.15) is 5.92 Å². The molecule has 5 nitrogen and oxygen atoms in total. The lowest BCUT2D eigenvalue weighted by molar-refractivity contribution is -0.126. The molecule has 0 spiro atoms. The van der Waals surface area contributed by atoms with Crippen molar-refractivity contribution in [2.45, 2.75) is 19.1 Å². The molecular weight excluding hydrogens is 435 g/mol. The van der Waals surface area contributed by atoms with E-state index in [9.17, 15) is 9.59 Å². The number of anilines is 2. The molecule has 2 aliphatic heterocycles. The topological polar surface area (TPSA) is 49.9 Å². The predicted octanol–water partition coefficient (Wildman–Crippen LogP) is 5.35. The molecule has 2 saturated heterocycles. The molecule has 0 aliphatic carbocycles. The number of para-hydroxylation sites is 1. The third-order valence-electron chi connectivity index (χ3n) is 5.83. The summed E-state index contributed by atoms with van der Waals surface area (Å²) >= 11 is 12.8. The molecule has 0 saturated carbocycles. The highest BCUT2D eigenvalue weighted by molar-refractivity contribution is 6.33. The Morgan fingerprint density at radius 2 is 1.48 bits per heavy atom. The Hall–Kier alpha value is -2.86. The molecule has 2 amide bonds. The third kappa shape index (κ3) is 3.12. The van der Waals surface area contributed by atoms with Crippen LogP contribution in [0.4, 0.5) is 11.4 Å². The van der Waals surface area contributed by atoms with Crippen molar-refractivity contribution < 1.29 is 14.4 Å². The zero-order chi connectivity index (χ0) is 21.7. The van der Waals surface area contributed by atoms with Crippen LogP contribution in [0.25, 0.3) is 0 Å². The van der Waals surface area contributed by atoms with Gasteiger partial charge in [0.15, 0.2) is 6.10 Å². The summed E-state index contributed by atoms with van der Waals surface area (Å²) in [5.41, 5.74) is 2.61. The lowest BCUT2D eigenvalue weighted by Crippen LogP contribution is -2.37. The van der Waals surface area contributed by atoms with Crippen LogP contribution >= 0.6 is 23.2 Å². The van der Waals surface area contributed by atoms with Gasteiger partial charge >= 0.3 is 0 Å². The fourth-order valence-corrected chi connectivity index (χ4v) is 4.74. The first kappa shape index (κ1) is 20.1. The van der Waals surface area contributed by atoms with Gasteiger partial charge in [-0.2, -0.15) is 0 Å². The van der Waals surface area contributed by atoms with Gasteiger partial charge in [0.2, 0.25) is 5.91 Å². The third-order valence-corrected chi connectivity index (χ3v) is 6.58. The average Bonchev–Trinajstić information content (AvgIpc) is 3.28. The molecule has 5 rings (SSSR count). The molecule has 0 bridgehead atoms. The van der Waals surface area contributed by atoms with Crippen molar-refractivity contribution in [2.24, 2.45) is 5.92 Å². The minimum absolute atomic E-state index is 0.330. The molecule has 0 aromatic heterocycles. The first-order valence-electron chi connectivity index (χ1n) is 9.87. The molecule has 7 heteroatoms. The summed E-state index contributed by atoms with van der Waals surface area (Å²) in [5, 5.41) is 2.63. The van der Waals surface area contributed by atoms with Gasteiger partial charge in [0.05, 0.1) is 17.4 Å². The number of imide groups is 1. The van der Waals surface area contributed by atoms with Gasteiger partial charge in [-0.15, -0.1) is 0 Å². The molecule has 3 unspecified atom stereocenters. The zero-order valence-electron chi connectivity index (χ0n) is 16.5. The van der Waals surface area contributed by atoms with E-state index in [2.05, 4.69) is 0 Å². The van der Waals surface area contributed by atoms with E-state index >= 15 is 0 Å². The minimum atomic E-state index is -0.952. The maximum Gasteiger partial charge on any atom is 0.266 e. The molecule has 3 aromatic rings. The molecular formula is C24H18Cl2N2O3. The fourth-order valence-electron chi connectivity index (χ4n) is 4.32. The monoisotopic (exact) mass is 452 g/mol. The summed E-state index contributed by atoms with van der Waals surface area (Å²) in [7, 11) is 0. The van der Waals surface area contributed by atoms with E-state index in [4.69, 9.17) is 28.0 Å². The molecule has 31 heavy (non-hydrogen) atoms. The number of halogens is 2. The van der Waals surface area contributed by atoms with Crippen LogP contribution in [0.5, 0.6) is 0 Å². The van der Waals surface area contributed by atoms with E-state index in [0.717, 1.165) is 11.3 Å². The van der Waals surface area contributed by atoms with Crippen LogP contribution in [0.3, 0.4) is 0 Å². The molecule has 2 fully saturated rings. The second-order valence-electron chi connectivity index (χ2n) is 7.58. The Morgan fingerprint density at radius 3 is 2.23 bits per heavy atom. The van der Waals surface area contributed by atoms with Crippen LogP contribution in [-0.2, 0) is 14.4 Å². The van der Waals surface area contributed by atoms with Crippen LogP contribution in [0.15, 0.2) is 72.8 Å². The Kier molecular flexibility index (Phi) is 4.97. The summed E-state index contributed by atoms with van der Waals surface area (Å²) in [6.07, 6.45) is -0.952. The number of carbonyl (C=O) groups excluding carboxylic acids is 2. The largest absolute Gasteiger partial charge is 0.273 e. The van der Waals surface area contributed by atoms with Crippen molar-refractivity contribution in [3.63, 3.8) is 0 Å². The van der Waals surface area contributed by atoms with Gasteiger partial charge in [-0.25, -0.2) is 9.96 Å². The predicted molar refractivity (Wildman–Crippen MR) is 120 cm³/mol. The highest BCUT2D eigenvalue weighted by atomic mass is 35.5. The average molecular weight is 453 g/mol. The summed E-state index contributed by atoms with van der Waals surface area (Å²) in [6, 6.07) is 21.3. The quantitative estimate of drug-likeness (QED) is 0.502. The van der Waals surface area contributed by atoms with Gasteiger partial charge in [0.25, 0.3) is 5.91 Å². The van der Waals surface area contributed by atoms with Gasteiger partial charge in [-0.05, 0) is 48.4 Å². The number of rotatable bonds is 3. The maximum atomic E-state index is 13.6. The summed E-state index contributed by atoms with van der Waals surface area (Å²) in [5.74, 6) is -1.48. The number of nitrogens with zero attached hydrogens (tertiary/aromatic N) is 2. The van der Waals surface area contributed by atoms with Crippen LogP contribution < -0.4 is 9.96 Å². The van der Waals surface area contributed by atoms with Gasteiger partial charge in [-0.1, -0.05) is 65.7 Å². The van der Waals surface area contributed by atoms with Crippen LogP contribution in [-0.4, -0.2) is 17.9 Å². The summed E-state index contributed by atoms with van der Waals surface area (Å²) in [4.78, 5) is 34.3. The molecule has 0 radical (unpaired) electrons. The molecule has 0 N–H and O–H groups in total. The first-order chi connectivity index (χ1) is 15.0. The first-order valence-corrected chi connectivity index (χ1v) is 10.6. The van der Waals surface area contributed by atoms with Crippen LogP contribution in [0, 0.1) is 12.8 Å². The van der Waals surface area contributed by atoms with E-state index in [1.54, 1.807) is 36.3 Å². The maximum absolute atomic E-state index is 13.6. The number of hydroxylamine groups is 1. The normalized spacial score (nSPS) is 22.9. The van der Waals surface area contributed by atoms with Crippen LogP contribution in [0.2, 0.25) is 10.0 Å². The second kappa shape index (κ2) is 7.68. The molecule has 2 aliphatic rings. The molecule has 2 heterocycles. The number of benzene rings is 3. The van der Waals surface area contributed by atoms with E-state index < -0.39 is 24.0 Å². The van der Waals surface area contributed by atoms with Gasteiger partial charge in [0, 0.05) is 10.0 Å². The Balaban J connectivity index is 1.63. The SMILES string of the molecule is Cc1c(Cl)cccc1N1C(=O)C2ON(c3ccccc3)C(c3ccccc3Cl)C2C1=O. The highest BCUT2D eigenvalue weighted by Crippen LogP contribution is 2.49. The van der Waals surface area contributed by atoms with Crippen molar-refractivity contribution in [2.75, 3.05) is 9.96 Å². The van der Waals surface area contributed by atoms with Crippen LogP contribution in [0.1, 0.15) is 17.2 Å². The van der Waals surface area contributed by atoms with Crippen molar-refractivity contribution >= 4 is 46.4 Å². The van der Waals surface area contributed by atoms with Crippen molar-refractivity contribution in [1.82, 2.24) is 0 Å². The molecule has 3 atom stereocenters. The van der Waals surface area contributed by atoms with E-state index in [0.29, 0.717) is 21.3 Å². The standard InChI is InChI=1S/C24H18Cl2N2O3/c1-14-17(25)12-7-13-19(14)27-23(29)20-21(16-10-5-6-11-18(16)26)28(31-22(20)24(27)30)15-8-3-2-4-9-15/h2-13,20-22H,1H3. The van der Waals surface area contributed by atoms with E-state index in [-0.39, 0.29) is 5.91 Å². The van der Waals surface area contributed by atoms with Crippen molar-refractivity contribution in [1.29, 1.82) is 0 Å². The second-order valence-corrected chi connectivity index (χ2v) is 8.39. The van der Waals surface area contributed by atoms with Crippen molar-refractivity contribution in [3.05, 3.63) is 94.0 Å². The highest BCUT2D eigenvalue weighted by Gasteiger charge is 2.60. The summed E-state index contributed by atoms with van der Waals surface area (Å²) < 4.78 is 0. The Labute approximate surface area is 189 Å². The smallest absolute Gasteiger partial charge is 0.266 e. The Morgan fingerprint density at radius 1 is 0.806 bits per heavy atom. The van der Waals surface area contributed by atoms with E-state index in [1.807, 2.05) is 48.5 Å². The number of amides is 2. The minimum Gasteiger partial charge on any atom is -0.273 e. The number of hydrogen-bond donors (Lipinski definition) is 0. The van der Waals surface area contributed by atoms with E-state index in [1.165, 1.54) is 4.90 Å². The zero-order valence-corrected chi connectivity index (χ0v) is 18.0. The lowest BCUT2D eigenvalue weighted by atomic mass is 9.90. The molecule has 156 valence electrons. The van der Waals surface area contributed by atoms with Gasteiger partial charge in [-0.3, -0.25) is 14.4 Å².